The molecular formula is C11H22N4O. The predicted molar refractivity (Wildman–Crippen MR) is 62.9 cm³/mol. The molecule has 0 aromatic carbocycles. The van der Waals surface area contributed by atoms with Crippen LogP contribution in [-0.2, 0) is 6.42 Å². The lowest BCUT2D eigenvalue weighted by Crippen LogP contribution is -2.19. The molecule has 5 nitrogen and oxygen atoms in total. The normalized spacial score (nSPS) is 15.4. The van der Waals surface area contributed by atoms with Gasteiger partial charge >= 0.3 is 0 Å². The van der Waals surface area contributed by atoms with Gasteiger partial charge in [-0.3, -0.25) is 0 Å². The highest BCUT2D eigenvalue weighted by molar-refractivity contribution is 4.93. The van der Waals surface area contributed by atoms with Crippen LogP contribution in [0, 0.1) is 5.92 Å². The second-order valence-electron chi connectivity index (χ2n) is 4.51. The van der Waals surface area contributed by atoms with Gasteiger partial charge in [-0.2, -0.15) is 4.98 Å². The van der Waals surface area contributed by atoms with E-state index < -0.39 is 0 Å². The molecule has 0 amide bonds. The minimum absolute atomic E-state index is 0.148. The van der Waals surface area contributed by atoms with E-state index >= 15 is 0 Å². The Balaban J connectivity index is 2.57. The summed E-state index contributed by atoms with van der Waals surface area (Å²) in [7, 11) is 4.04. The number of aromatic nitrogens is 2. The largest absolute Gasteiger partial charge is 0.338 e. The van der Waals surface area contributed by atoms with Gasteiger partial charge in [0.25, 0.3) is 0 Å². The Kier molecular flexibility index (Phi) is 4.89. The Morgan fingerprint density at radius 2 is 2.12 bits per heavy atom. The number of rotatable bonds is 6. The SMILES string of the molecule is CCC(C)C(N)c1nc(CCN(C)C)no1. The van der Waals surface area contributed by atoms with Crippen LogP contribution in [0.5, 0.6) is 0 Å². The van der Waals surface area contributed by atoms with E-state index in [1.54, 1.807) is 0 Å². The monoisotopic (exact) mass is 226 g/mol. The van der Waals surface area contributed by atoms with Crippen molar-refractivity contribution in [3.05, 3.63) is 11.7 Å². The molecule has 1 rings (SSSR count). The molecule has 5 heteroatoms. The van der Waals surface area contributed by atoms with Gasteiger partial charge in [0.15, 0.2) is 5.82 Å². The van der Waals surface area contributed by atoms with Crippen LogP contribution in [0.4, 0.5) is 0 Å². The summed E-state index contributed by atoms with van der Waals surface area (Å²) in [4.78, 5) is 6.41. The quantitative estimate of drug-likeness (QED) is 0.790. The molecule has 0 aliphatic carbocycles. The minimum Gasteiger partial charge on any atom is -0.338 e. The summed E-state index contributed by atoms with van der Waals surface area (Å²) in [6.45, 7) is 5.11. The Morgan fingerprint density at radius 1 is 1.44 bits per heavy atom. The lowest BCUT2D eigenvalue weighted by molar-refractivity contribution is 0.309. The first-order valence-corrected chi connectivity index (χ1v) is 5.77. The second-order valence-corrected chi connectivity index (χ2v) is 4.51. The van der Waals surface area contributed by atoms with E-state index in [0.29, 0.717) is 11.8 Å². The van der Waals surface area contributed by atoms with Gasteiger partial charge in [0.1, 0.15) is 0 Å². The van der Waals surface area contributed by atoms with Gasteiger partial charge in [0, 0.05) is 13.0 Å². The van der Waals surface area contributed by atoms with E-state index in [2.05, 4.69) is 28.9 Å². The Morgan fingerprint density at radius 3 is 2.69 bits per heavy atom. The second kappa shape index (κ2) is 5.96. The number of nitrogens with zero attached hydrogens (tertiary/aromatic N) is 3. The third kappa shape index (κ3) is 3.57. The molecule has 0 aliphatic heterocycles. The van der Waals surface area contributed by atoms with Crippen molar-refractivity contribution in [2.45, 2.75) is 32.7 Å². The first-order chi connectivity index (χ1) is 7.54. The van der Waals surface area contributed by atoms with Gasteiger partial charge in [-0.1, -0.05) is 25.4 Å². The molecular weight excluding hydrogens is 204 g/mol. The zero-order valence-corrected chi connectivity index (χ0v) is 10.6. The fourth-order valence-electron chi connectivity index (χ4n) is 1.33. The topological polar surface area (TPSA) is 68.2 Å². The third-order valence-electron chi connectivity index (χ3n) is 2.81. The van der Waals surface area contributed by atoms with Gasteiger partial charge in [-0.15, -0.1) is 0 Å². The molecule has 2 N–H and O–H groups in total. The molecule has 1 aromatic rings. The average molecular weight is 226 g/mol. The van der Waals surface area contributed by atoms with E-state index in [0.717, 1.165) is 25.2 Å². The van der Waals surface area contributed by atoms with Crippen LogP contribution in [0.15, 0.2) is 4.52 Å². The molecule has 0 bridgehead atoms. The molecule has 0 radical (unpaired) electrons. The van der Waals surface area contributed by atoms with Crippen molar-refractivity contribution < 1.29 is 4.52 Å². The van der Waals surface area contributed by atoms with E-state index in [9.17, 15) is 0 Å². The van der Waals surface area contributed by atoms with Crippen LogP contribution in [0.25, 0.3) is 0 Å². The summed E-state index contributed by atoms with van der Waals surface area (Å²) in [6, 6.07) is -0.148. The summed E-state index contributed by atoms with van der Waals surface area (Å²) in [5, 5.41) is 3.93. The maximum atomic E-state index is 6.01. The molecule has 2 unspecified atom stereocenters. The summed E-state index contributed by atoms with van der Waals surface area (Å²) in [6.07, 6.45) is 1.81. The van der Waals surface area contributed by atoms with E-state index in [1.165, 1.54) is 0 Å². The first-order valence-electron chi connectivity index (χ1n) is 5.77. The highest BCUT2D eigenvalue weighted by Gasteiger charge is 2.19. The molecule has 1 heterocycles. The van der Waals surface area contributed by atoms with Crippen molar-refractivity contribution >= 4 is 0 Å². The van der Waals surface area contributed by atoms with Gasteiger partial charge in [0.05, 0.1) is 6.04 Å². The molecule has 0 fully saturated rings. The number of likely N-dealkylation sites (N-methyl/N-ethyl adjacent to an activating group) is 1. The Labute approximate surface area is 97.0 Å². The Hall–Kier alpha value is -0.940. The van der Waals surface area contributed by atoms with Crippen LogP contribution in [0.3, 0.4) is 0 Å². The number of hydrogen-bond acceptors (Lipinski definition) is 5. The van der Waals surface area contributed by atoms with Crippen molar-refractivity contribution in [1.29, 1.82) is 0 Å². The van der Waals surface area contributed by atoms with E-state index in [-0.39, 0.29) is 6.04 Å². The van der Waals surface area contributed by atoms with Crippen LogP contribution in [0.1, 0.15) is 38.0 Å². The predicted octanol–water partition coefficient (Wildman–Crippen LogP) is 1.22. The van der Waals surface area contributed by atoms with Gasteiger partial charge in [-0.05, 0) is 20.0 Å². The average Bonchev–Trinajstić information content (AvgIpc) is 2.72. The maximum Gasteiger partial charge on any atom is 0.243 e. The molecule has 1 aromatic heterocycles. The number of hydrogen-bond donors (Lipinski definition) is 1. The van der Waals surface area contributed by atoms with E-state index in [4.69, 9.17) is 10.3 Å². The fourth-order valence-corrected chi connectivity index (χ4v) is 1.33. The zero-order valence-electron chi connectivity index (χ0n) is 10.6. The van der Waals surface area contributed by atoms with Gasteiger partial charge in [0.2, 0.25) is 5.89 Å². The summed E-state index contributed by atoms with van der Waals surface area (Å²) in [5.41, 5.74) is 6.01. The highest BCUT2D eigenvalue weighted by atomic mass is 16.5. The Bertz CT molecular complexity index is 311. The first kappa shape index (κ1) is 13.1. The molecule has 16 heavy (non-hydrogen) atoms. The molecule has 2 atom stereocenters. The molecule has 0 spiro atoms. The van der Waals surface area contributed by atoms with Crippen molar-refractivity contribution in [2.75, 3.05) is 20.6 Å². The molecule has 92 valence electrons. The van der Waals surface area contributed by atoms with Gasteiger partial charge in [-0.25, -0.2) is 0 Å². The van der Waals surface area contributed by atoms with Crippen LogP contribution in [0.2, 0.25) is 0 Å². The smallest absolute Gasteiger partial charge is 0.243 e. The van der Waals surface area contributed by atoms with Crippen LogP contribution < -0.4 is 5.73 Å². The minimum atomic E-state index is -0.148. The van der Waals surface area contributed by atoms with Crippen molar-refractivity contribution in [2.24, 2.45) is 11.7 Å². The van der Waals surface area contributed by atoms with Crippen molar-refractivity contribution in [3.8, 4) is 0 Å². The third-order valence-corrected chi connectivity index (χ3v) is 2.81. The fraction of sp³-hybridized carbons (Fsp3) is 0.818. The lowest BCUT2D eigenvalue weighted by atomic mass is 10.0. The summed E-state index contributed by atoms with van der Waals surface area (Å²) < 4.78 is 5.18. The van der Waals surface area contributed by atoms with Crippen LogP contribution >= 0.6 is 0 Å². The summed E-state index contributed by atoms with van der Waals surface area (Å²) in [5.74, 6) is 1.66. The van der Waals surface area contributed by atoms with Crippen LogP contribution in [-0.4, -0.2) is 35.7 Å². The lowest BCUT2D eigenvalue weighted by Gasteiger charge is -2.13. The van der Waals surface area contributed by atoms with Crippen molar-refractivity contribution in [3.63, 3.8) is 0 Å². The molecule has 0 saturated heterocycles. The van der Waals surface area contributed by atoms with Gasteiger partial charge < -0.3 is 15.2 Å². The molecule has 0 aliphatic rings. The van der Waals surface area contributed by atoms with E-state index in [1.807, 2.05) is 14.1 Å². The molecule has 0 saturated carbocycles. The standard InChI is InChI=1S/C11H22N4O/c1-5-8(2)10(12)11-13-9(14-16-11)6-7-15(3)4/h8,10H,5-7,12H2,1-4H3. The summed E-state index contributed by atoms with van der Waals surface area (Å²) >= 11 is 0. The zero-order chi connectivity index (χ0) is 12.1. The maximum absolute atomic E-state index is 6.01. The highest BCUT2D eigenvalue weighted by Crippen LogP contribution is 2.19. The number of nitrogens with two attached hydrogens (primary N) is 1. The van der Waals surface area contributed by atoms with Crippen molar-refractivity contribution in [1.82, 2.24) is 15.0 Å².